The van der Waals surface area contributed by atoms with Gasteiger partial charge in [-0.2, -0.15) is 0 Å². The van der Waals surface area contributed by atoms with Crippen molar-refractivity contribution in [2.45, 2.75) is 25.9 Å². The van der Waals surface area contributed by atoms with Crippen LogP contribution in [0, 0.1) is 5.82 Å². The number of aromatic amines is 1. The van der Waals surface area contributed by atoms with Crippen LogP contribution in [-0.4, -0.2) is 37.3 Å². The van der Waals surface area contributed by atoms with E-state index in [1.807, 2.05) is 24.4 Å². The molecule has 2 aromatic carbocycles. The van der Waals surface area contributed by atoms with E-state index in [0.29, 0.717) is 0 Å². The van der Waals surface area contributed by atoms with Gasteiger partial charge in [-0.15, -0.1) is 0 Å². The zero-order valence-corrected chi connectivity index (χ0v) is 15.7. The highest BCUT2D eigenvalue weighted by Gasteiger charge is 2.23. The quantitative estimate of drug-likeness (QED) is 0.617. The summed E-state index contributed by atoms with van der Waals surface area (Å²) in [5, 5.41) is 4.64. The predicted octanol–water partition coefficient (Wildman–Crippen LogP) is 4.12. The Morgan fingerprint density at radius 3 is 3.04 bits per heavy atom. The van der Waals surface area contributed by atoms with Crippen LogP contribution in [0.3, 0.4) is 0 Å². The summed E-state index contributed by atoms with van der Waals surface area (Å²) in [4.78, 5) is 5.53. The molecule has 1 atom stereocenters. The summed E-state index contributed by atoms with van der Waals surface area (Å²) >= 11 is 0. The van der Waals surface area contributed by atoms with E-state index >= 15 is 0 Å². The number of aromatic nitrogens is 1. The Balaban J connectivity index is 1.26. The van der Waals surface area contributed by atoms with E-state index in [1.54, 1.807) is 6.07 Å². The minimum absolute atomic E-state index is 0.163. The molecule has 4 nitrogen and oxygen atoms in total. The third-order valence-electron chi connectivity index (χ3n) is 5.21. The third kappa shape index (κ3) is 3.93. The van der Waals surface area contributed by atoms with Crippen LogP contribution < -0.4 is 15.0 Å². The number of benzene rings is 2. The highest BCUT2D eigenvalue weighted by atomic mass is 19.1. The van der Waals surface area contributed by atoms with Crippen LogP contribution in [0.1, 0.15) is 18.9 Å². The summed E-state index contributed by atoms with van der Waals surface area (Å²) < 4.78 is 19.4. The van der Waals surface area contributed by atoms with Crippen molar-refractivity contribution in [1.82, 2.24) is 10.3 Å². The van der Waals surface area contributed by atoms with E-state index in [-0.39, 0.29) is 11.9 Å². The number of hydrogen-bond acceptors (Lipinski definition) is 3. The summed E-state index contributed by atoms with van der Waals surface area (Å²) in [6, 6.07) is 13.2. The topological polar surface area (TPSA) is 40.3 Å². The number of nitrogens with zero attached hydrogens (tertiary/aromatic N) is 1. The molecule has 0 amide bonds. The molecule has 0 saturated carbocycles. The number of nitrogens with one attached hydrogen (secondary N) is 2. The molecule has 0 fully saturated rings. The molecular formula is C22H26FN3O. The van der Waals surface area contributed by atoms with Gasteiger partial charge in [0.1, 0.15) is 17.7 Å². The van der Waals surface area contributed by atoms with Crippen molar-refractivity contribution in [3.05, 3.63) is 60.0 Å². The maximum absolute atomic E-state index is 13.3. The van der Waals surface area contributed by atoms with Gasteiger partial charge < -0.3 is 19.9 Å². The number of rotatable bonds is 7. The van der Waals surface area contributed by atoms with Gasteiger partial charge in [-0.3, -0.25) is 0 Å². The van der Waals surface area contributed by atoms with Crippen LogP contribution in [0.2, 0.25) is 0 Å². The van der Waals surface area contributed by atoms with E-state index in [1.165, 1.54) is 17.3 Å². The van der Waals surface area contributed by atoms with Gasteiger partial charge >= 0.3 is 0 Å². The molecule has 1 aliphatic heterocycles. The second kappa shape index (κ2) is 8.01. The number of aryl methyl sites for hydroxylation is 1. The number of likely N-dealkylation sites (N-methyl/N-ethyl adjacent to an activating group) is 1. The van der Waals surface area contributed by atoms with E-state index in [0.717, 1.165) is 55.7 Å². The zero-order chi connectivity index (χ0) is 18.6. The average molecular weight is 367 g/mol. The second-order valence-electron chi connectivity index (χ2n) is 7.06. The van der Waals surface area contributed by atoms with Crippen LogP contribution in [-0.2, 0) is 6.42 Å². The molecule has 1 unspecified atom stereocenters. The number of anilines is 1. The van der Waals surface area contributed by atoms with Gasteiger partial charge in [0.05, 0.1) is 12.2 Å². The van der Waals surface area contributed by atoms with Crippen LogP contribution in [0.4, 0.5) is 10.1 Å². The van der Waals surface area contributed by atoms with E-state index < -0.39 is 0 Å². The molecule has 3 aromatic rings. The Labute approximate surface area is 159 Å². The maximum Gasteiger partial charge on any atom is 0.143 e. The van der Waals surface area contributed by atoms with Crippen molar-refractivity contribution in [2.75, 3.05) is 31.1 Å². The molecule has 0 saturated heterocycles. The molecule has 0 bridgehead atoms. The Kier molecular flexibility index (Phi) is 5.30. The summed E-state index contributed by atoms with van der Waals surface area (Å²) in [5.74, 6) is 0.774. The fraction of sp³-hybridized carbons (Fsp3) is 0.364. The van der Waals surface area contributed by atoms with Gasteiger partial charge in [-0.1, -0.05) is 12.1 Å². The number of hydrogen-bond donors (Lipinski definition) is 2. The number of H-pyrrole nitrogens is 1. The van der Waals surface area contributed by atoms with Gasteiger partial charge in [-0.25, -0.2) is 4.39 Å². The first-order valence-electron chi connectivity index (χ1n) is 9.71. The minimum Gasteiger partial charge on any atom is -0.485 e. The third-order valence-corrected chi connectivity index (χ3v) is 5.21. The smallest absolute Gasteiger partial charge is 0.143 e. The van der Waals surface area contributed by atoms with Gasteiger partial charge in [0.25, 0.3) is 0 Å². The number of para-hydroxylation sites is 2. The largest absolute Gasteiger partial charge is 0.485 e. The van der Waals surface area contributed by atoms with Crippen molar-refractivity contribution in [3.8, 4) is 5.75 Å². The molecule has 1 aromatic heterocycles. The predicted molar refractivity (Wildman–Crippen MR) is 108 cm³/mol. The number of ether oxygens (including phenoxy) is 1. The van der Waals surface area contributed by atoms with Gasteiger partial charge in [0.15, 0.2) is 0 Å². The van der Waals surface area contributed by atoms with Gasteiger partial charge in [0, 0.05) is 30.2 Å². The fourth-order valence-corrected chi connectivity index (χ4v) is 3.82. The van der Waals surface area contributed by atoms with Crippen LogP contribution in [0.25, 0.3) is 10.9 Å². The van der Waals surface area contributed by atoms with Gasteiger partial charge in [0.2, 0.25) is 0 Å². The van der Waals surface area contributed by atoms with Crippen molar-refractivity contribution in [2.24, 2.45) is 0 Å². The molecule has 0 aliphatic carbocycles. The summed E-state index contributed by atoms with van der Waals surface area (Å²) in [7, 11) is 0. The second-order valence-corrected chi connectivity index (χ2v) is 7.06. The van der Waals surface area contributed by atoms with Gasteiger partial charge in [-0.05, 0) is 62.2 Å². The van der Waals surface area contributed by atoms with Crippen molar-refractivity contribution in [3.63, 3.8) is 0 Å². The lowest BCUT2D eigenvalue weighted by Crippen LogP contribution is -2.45. The lowest BCUT2D eigenvalue weighted by atomic mass is 10.1. The highest BCUT2D eigenvalue weighted by Crippen LogP contribution is 2.32. The highest BCUT2D eigenvalue weighted by molar-refractivity contribution is 5.83. The molecule has 142 valence electrons. The fourth-order valence-electron chi connectivity index (χ4n) is 3.82. The molecular weight excluding hydrogens is 341 g/mol. The normalized spacial score (nSPS) is 16.4. The lowest BCUT2D eigenvalue weighted by molar-refractivity contribution is 0.190. The minimum atomic E-state index is -0.201. The molecule has 0 radical (unpaired) electrons. The Hall–Kier alpha value is -2.53. The Bertz CT molecular complexity index is 907. The Morgan fingerprint density at radius 2 is 2.15 bits per heavy atom. The lowest BCUT2D eigenvalue weighted by Gasteiger charge is -2.35. The Morgan fingerprint density at radius 1 is 1.26 bits per heavy atom. The first-order chi connectivity index (χ1) is 13.2. The molecule has 5 heteroatoms. The molecule has 2 N–H and O–H groups in total. The van der Waals surface area contributed by atoms with E-state index in [4.69, 9.17) is 4.74 Å². The average Bonchev–Trinajstić information content (AvgIpc) is 3.09. The van der Waals surface area contributed by atoms with Crippen molar-refractivity contribution in [1.29, 1.82) is 0 Å². The molecule has 0 spiro atoms. The first-order valence-corrected chi connectivity index (χ1v) is 9.71. The number of fused-ring (bicyclic) bond motifs is 2. The molecule has 4 rings (SSSR count). The van der Waals surface area contributed by atoms with Crippen LogP contribution in [0.5, 0.6) is 5.75 Å². The molecule has 1 aliphatic rings. The van der Waals surface area contributed by atoms with Crippen molar-refractivity contribution >= 4 is 16.6 Å². The van der Waals surface area contributed by atoms with E-state index in [2.05, 4.69) is 34.3 Å². The van der Waals surface area contributed by atoms with Crippen molar-refractivity contribution < 1.29 is 9.13 Å². The standard InChI is InChI=1S/C22H26FN3O/c1-2-26-15-18(27-22-8-4-3-7-21(22)26)14-24-11-5-6-16-13-25-20-12-17(23)9-10-19(16)20/h3-4,7-10,12-13,18,24-25H,2,5-6,11,14-15H2,1H3. The summed E-state index contributed by atoms with van der Waals surface area (Å²) in [6.45, 7) is 5.84. The monoisotopic (exact) mass is 367 g/mol. The summed E-state index contributed by atoms with van der Waals surface area (Å²) in [6.07, 6.45) is 4.15. The molecule has 27 heavy (non-hydrogen) atoms. The summed E-state index contributed by atoms with van der Waals surface area (Å²) in [5.41, 5.74) is 3.30. The number of halogens is 1. The molecule has 2 heterocycles. The zero-order valence-electron chi connectivity index (χ0n) is 15.7. The van der Waals surface area contributed by atoms with Crippen LogP contribution >= 0.6 is 0 Å². The van der Waals surface area contributed by atoms with Crippen LogP contribution in [0.15, 0.2) is 48.7 Å². The first kappa shape index (κ1) is 17.9. The van der Waals surface area contributed by atoms with E-state index in [9.17, 15) is 4.39 Å². The maximum atomic E-state index is 13.3. The SMILES string of the molecule is CCN1CC(CNCCCc2c[nH]c3cc(F)ccc23)Oc2ccccc21.